The van der Waals surface area contributed by atoms with E-state index in [1.165, 1.54) is 64.2 Å². The third-order valence-electron chi connectivity index (χ3n) is 3.91. The first-order valence-corrected chi connectivity index (χ1v) is 11.5. The average Bonchev–Trinajstić information content (AvgIpc) is 2.29. The van der Waals surface area contributed by atoms with Crippen LogP contribution >= 0.6 is 0 Å². The maximum Gasteiger partial charge on any atom is 0.0473 e. The Bertz CT molecular complexity index is 152. The van der Waals surface area contributed by atoms with Crippen molar-refractivity contribution in [2.24, 2.45) is 0 Å². The van der Waals surface area contributed by atoms with Gasteiger partial charge in [-0.05, 0) is 0 Å². The zero-order valence-electron chi connectivity index (χ0n) is 13.0. The van der Waals surface area contributed by atoms with E-state index < -0.39 is 8.07 Å². The van der Waals surface area contributed by atoms with Crippen LogP contribution in [0.3, 0.4) is 0 Å². The molecule has 0 aromatic carbocycles. The van der Waals surface area contributed by atoms with Crippen molar-refractivity contribution in [1.29, 1.82) is 0 Å². The maximum absolute atomic E-state index is 2.60. The fourth-order valence-corrected chi connectivity index (χ4v) is 5.20. The third-order valence-corrected chi connectivity index (χ3v) is 7.33. The molecule has 0 atom stereocenters. The average molecular weight is 257 g/mol. The minimum Gasteiger partial charge on any atom is -0.0693 e. The van der Waals surface area contributed by atoms with E-state index in [-0.39, 0.29) is 0 Å². The van der Waals surface area contributed by atoms with Gasteiger partial charge < -0.3 is 0 Å². The molecule has 0 spiro atoms. The van der Waals surface area contributed by atoms with Gasteiger partial charge in [-0.3, -0.25) is 0 Å². The molecule has 0 unspecified atom stereocenters. The molecule has 0 aromatic heterocycles. The second-order valence-electron chi connectivity index (χ2n) is 6.49. The lowest BCUT2D eigenvalue weighted by atomic mass is 10.1. The SMILES string of the molecule is CCCCCCCC[Si](C)(C)CCCCCC. The first kappa shape index (κ1) is 17.2. The molecule has 0 radical (unpaired) electrons. The summed E-state index contributed by atoms with van der Waals surface area (Å²) >= 11 is 0. The summed E-state index contributed by atoms with van der Waals surface area (Å²) in [6.07, 6.45) is 14.6. The van der Waals surface area contributed by atoms with Gasteiger partial charge in [0.1, 0.15) is 0 Å². The summed E-state index contributed by atoms with van der Waals surface area (Å²) < 4.78 is 0. The monoisotopic (exact) mass is 256 g/mol. The predicted molar refractivity (Wildman–Crippen MR) is 84.6 cm³/mol. The molecular formula is C16H36Si. The van der Waals surface area contributed by atoms with E-state index in [9.17, 15) is 0 Å². The largest absolute Gasteiger partial charge is 0.0693 e. The van der Waals surface area contributed by atoms with Gasteiger partial charge >= 0.3 is 0 Å². The Labute approximate surface area is 112 Å². The molecule has 0 bridgehead atoms. The lowest BCUT2D eigenvalue weighted by Crippen LogP contribution is -2.24. The van der Waals surface area contributed by atoms with Crippen LogP contribution in [0.4, 0.5) is 0 Å². The van der Waals surface area contributed by atoms with E-state index in [0.717, 1.165) is 0 Å². The van der Waals surface area contributed by atoms with Crippen LogP contribution in [-0.2, 0) is 0 Å². The van der Waals surface area contributed by atoms with Gasteiger partial charge in [-0.15, -0.1) is 0 Å². The molecule has 0 rings (SSSR count). The standard InChI is InChI=1S/C16H36Si/c1-5-7-9-11-12-14-16-17(3,4)15-13-10-8-6-2/h5-16H2,1-4H3. The molecular weight excluding hydrogens is 220 g/mol. The van der Waals surface area contributed by atoms with E-state index in [1.807, 2.05) is 0 Å². The van der Waals surface area contributed by atoms with Crippen LogP contribution < -0.4 is 0 Å². The van der Waals surface area contributed by atoms with E-state index >= 15 is 0 Å². The predicted octanol–water partition coefficient (Wildman–Crippen LogP) is 6.64. The zero-order chi connectivity index (χ0) is 13.0. The molecule has 0 aliphatic carbocycles. The summed E-state index contributed by atoms with van der Waals surface area (Å²) in [5.74, 6) is 0. The summed E-state index contributed by atoms with van der Waals surface area (Å²) in [6.45, 7) is 9.81. The summed E-state index contributed by atoms with van der Waals surface area (Å²) in [4.78, 5) is 0. The highest BCUT2D eigenvalue weighted by atomic mass is 28.3. The van der Waals surface area contributed by atoms with Crippen molar-refractivity contribution in [3.63, 3.8) is 0 Å². The van der Waals surface area contributed by atoms with Gasteiger partial charge in [0.25, 0.3) is 0 Å². The van der Waals surface area contributed by atoms with Crippen molar-refractivity contribution in [2.45, 2.75) is 103 Å². The normalized spacial score (nSPS) is 12.0. The highest BCUT2D eigenvalue weighted by Gasteiger charge is 2.18. The van der Waals surface area contributed by atoms with Crippen LogP contribution in [0.15, 0.2) is 0 Å². The van der Waals surface area contributed by atoms with Crippen LogP contribution in [0, 0.1) is 0 Å². The van der Waals surface area contributed by atoms with Crippen LogP contribution in [0.2, 0.25) is 25.2 Å². The van der Waals surface area contributed by atoms with E-state index in [2.05, 4.69) is 26.9 Å². The minimum atomic E-state index is -0.822. The summed E-state index contributed by atoms with van der Waals surface area (Å²) in [7, 11) is -0.822. The van der Waals surface area contributed by atoms with Gasteiger partial charge in [-0.2, -0.15) is 0 Å². The summed E-state index contributed by atoms with van der Waals surface area (Å²) in [5.41, 5.74) is 0. The lowest BCUT2D eigenvalue weighted by molar-refractivity contribution is 0.621. The second-order valence-corrected chi connectivity index (χ2v) is 11.8. The molecule has 0 nitrogen and oxygen atoms in total. The Balaban J connectivity index is 3.37. The summed E-state index contributed by atoms with van der Waals surface area (Å²) in [5, 5.41) is 0. The van der Waals surface area contributed by atoms with Gasteiger partial charge in [-0.1, -0.05) is 103 Å². The van der Waals surface area contributed by atoms with E-state index in [0.29, 0.717) is 0 Å². The third kappa shape index (κ3) is 12.5. The van der Waals surface area contributed by atoms with Crippen molar-refractivity contribution in [2.75, 3.05) is 0 Å². The quantitative estimate of drug-likeness (QED) is 0.271. The Morgan fingerprint density at radius 3 is 1.35 bits per heavy atom. The van der Waals surface area contributed by atoms with Crippen LogP contribution in [0.5, 0.6) is 0 Å². The van der Waals surface area contributed by atoms with Crippen LogP contribution in [0.25, 0.3) is 0 Å². The van der Waals surface area contributed by atoms with Gasteiger partial charge in [0, 0.05) is 8.07 Å². The minimum absolute atomic E-state index is 0.822. The molecule has 0 fully saturated rings. The van der Waals surface area contributed by atoms with Crippen molar-refractivity contribution >= 4 is 8.07 Å². The first-order valence-electron chi connectivity index (χ1n) is 8.12. The summed E-state index contributed by atoms with van der Waals surface area (Å²) in [6, 6.07) is 3.15. The Hall–Kier alpha value is 0.217. The molecule has 0 aliphatic heterocycles. The fourth-order valence-electron chi connectivity index (χ4n) is 2.54. The Morgan fingerprint density at radius 1 is 0.529 bits per heavy atom. The van der Waals surface area contributed by atoms with Crippen molar-refractivity contribution in [1.82, 2.24) is 0 Å². The Morgan fingerprint density at radius 2 is 0.882 bits per heavy atom. The zero-order valence-corrected chi connectivity index (χ0v) is 14.0. The molecule has 104 valence electrons. The Kier molecular flexibility index (Phi) is 11.5. The van der Waals surface area contributed by atoms with Gasteiger partial charge in [0.05, 0.1) is 0 Å². The van der Waals surface area contributed by atoms with Crippen molar-refractivity contribution in [3.8, 4) is 0 Å². The van der Waals surface area contributed by atoms with Gasteiger partial charge in [0.15, 0.2) is 0 Å². The molecule has 0 N–H and O–H groups in total. The molecule has 17 heavy (non-hydrogen) atoms. The molecule has 0 saturated heterocycles. The lowest BCUT2D eigenvalue weighted by Gasteiger charge is -2.22. The number of hydrogen-bond acceptors (Lipinski definition) is 0. The number of hydrogen-bond donors (Lipinski definition) is 0. The second kappa shape index (κ2) is 11.3. The fraction of sp³-hybridized carbons (Fsp3) is 1.00. The molecule has 0 saturated carbocycles. The molecule has 1 heteroatoms. The van der Waals surface area contributed by atoms with Crippen molar-refractivity contribution < 1.29 is 0 Å². The maximum atomic E-state index is 2.60. The first-order chi connectivity index (χ1) is 8.12. The van der Waals surface area contributed by atoms with Crippen LogP contribution in [0.1, 0.15) is 78.1 Å². The topological polar surface area (TPSA) is 0 Å². The molecule has 0 heterocycles. The van der Waals surface area contributed by atoms with Crippen molar-refractivity contribution in [3.05, 3.63) is 0 Å². The highest BCUT2D eigenvalue weighted by molar-refractivity contribution is 6.77. The number of rotatable bonds is 12. The number of unbranched alkanes of at least 4 members (excludes halogenated alkanes) is 8. The van der Waals surface area contributed by atoms with Gasteiger partial charge in [0.2, 0.25) is 0 Å². The van der Waals surface area contributed by atoms with Gasteiger partial charge in [-0.25, -0.2) is 0 Å². The van der Waals surface area contributed by atoms with E-state index in [4.69, 9.17) is 0 Å². The molecule has 0 amide bonds. The van der Waals surface area contributed by atoms with Crippen LogP contribution in [-0.4, -0.2) is 8.07 Å². The smallest absolute Gasteiger partial charge is 0.0473 e. The molecule has 0 aliphatic rings. The highest BCUT2D eigenvalue weighted by Crippen LogP contribution is 2.23. The molecule has 0 aromatic rings. The van der Waals surface area contributed by atoms with E-state index in [1.54, 1.807) is 12.1 Å².